The van der Waals surface area contributed by atoms with E-state index in [9.17, 15) is 4.79 Å². The van der Waals surface area contributed by atoms with Crippen LogP contribution in [0.25, 0.3) is 0 Å². The molecule has 21 heavy (non-hydrogen) atoms. The van der Waals surface area contributed by atoms with Gasteiger partial charge in [-0.1, -0.05) is 6.07 Å². The average Bonchev–Trinajstić information content (AvgIpc) is 2.92. The van der Waals surface area contributed by atoms with Crippen molar-refractivity contribution in [3.63, 3.8) is 0 Å². The summed E-state index contributed by atoms with van der Waals surface area (Å²) in [6.45, 7) is 3.67. The predicted octanol–water partition coefficient (Wildman–Crippen LogP) is 3.10. The van der Waals surface area contributed by atoms with Crippen LogP contribution in [0.15, 0.2) is 34.9 Å². The Balaban J connectivity index is 2.15. The molecule has 2 aromatic rings. The van der Waals surface area contributed by atoms with E-state index in [1.165, 1.54) is 6.26 Å². The largest absolute Gasteiger partial charge is 0.493 e. The molecule has 1 aromatic heterocycles. The normalized spacial score (nSPS) is 11.8. The van der Waals surface area contributed by atoms with Gasteiger partial charge in [-0.05, 0) is 37.6 Å². The molecule has 0 fully saturated rings. The van der Waals surface area contributed by atoms with E-state index < -0.39 is 0 Å². The van der Waals surface area contributed by atoms with Crippen LogP contribution < -0.4 is 14.8 Å². The van der Waals surface area contributed by atoms with Crippen molar-refractivity contribution in [3.05, 3.63) is 47.4 Å². The number of hydrogen-bond donors (Lipinski definition) is 1. The number of aryl methyl sites for hydroxylation is 1. The van der Waals surface area contributed by atoms with Gasteiger partial charge in [0.15, 0.2) is 11.5 Å². The van der Waals surface area contributed by atoms with Crippen LogP contribution >= 0.6 is 0 Å². The molecule has 0 bridgehead atoms. The molecular formula is C16H19NO4. The van der Waals surface area contributed by atoms with Crippen LogP contribution in [0.4, 0.5) is 0 Å². The van der Waals surface area contributed by atoms with Gasteiger partial charge in [-0.3, -0.25) is 4.79 Å². The minimum Gasteiger partial charge on any atom is -0.493 e. The fourth-order valence-corrected chi connectivity index (χ4v) is 2.10. The zero-order chi connectivity index (χ0) is 15.4. The first-order chi connectivity index (χ1) is 10.1. The Labute approximate surface area is 123 Å². The van der Waals surface area contributed by atoms with Crippen LogP contribution in [0.2, 0.25) is 0 Å². The number of nitrogens with one attached hydrogen (secondary N) is 1. The standard InChI is InChI=1S/C16H19NO4/c1-10(17-16(18)13-7-8-21-11(13)2)12-5-6-14(19-3)15(9-12)20-4/h5-10H,1-4H3,(H,17,18)/t10-/m0/s1. The maximum Gasteiger partial charge on any atom is 0.255 e. The lowest BCUT2D eigenvalue weighted by Crippen LogP contribution is -2.26. The lowest BCUT2D eigenvalue weighted by molar-refractivity contribution is 0.0938. The van der Waals surface area contributed by atoms with Crippen molar-refractivity contribution >= 4 is 5.91 Å². The third kappa shape index (κ3) is 3.18. The number of rotatable bonds is 5. The minimum atomic E-state index is -0.163. The summed E-state index contributed by atoms with van der Waals surface area (Å²) in [5, 5.41) is 2.93. The molecule has 1 heterocycles. The molecule has 0 unspecified atom stereocenters. The van der Waals surface area contributed by atoms with Gasteiger partial charge in [-0.2, -0.15) is 0 Å². The number of amides is 1. The summed E-state index contributed by atoms with van der Waals surface area (Å²) in [4.78, 5) is 12.2. The maximum absolute atomic E-state index is 12.2. The third-order valence-corrected chi connectivity index (χ3v) is 3.36. The Hall–Kier alpha value is -2.43. The number of hydrogen-bond acceptors (Lipinski definition) is 4. The van der Waals surface area contributed by atoms with E-state index in [0.717, 1.165) is 5.56 Å². The van der Waals surface area contributed by atoms with Gasteiger partial charge in [0.05, 0.1) is 32.1 Å². The van der Waals surface area contributed by atoms with Gasteiger partial charge in [-0.15, -0.1) is 0 Å². The van der Waals surface area contributed by atoms with Crippen LogP contribution in [0.1, 0.15) is 34.6 Å². The molecule has 0 aliphatic carbocycles. The molecule has 0 saturated carbocycles. The zero-order valence-electron chi connectivity index (χ0n) is 12.6. The van der Waals surface area contributed by atoms with E-state index in [4.69, 9.17) is 13.9 Å². The summed E-state index contributed by atoms with van der Waals surface area (Å²) in [5.74, 6) is 1.73. The van der Waals surface area contributed by atoms with Crippen LogP contribution in [-0.4, -0.2) is 20.1 Å². The topological polar surface area (TPSA) is 60.7 Å². The monoisotopic (exact) mass is 289 g/mol. The second-order valence-corrected chi connectivity index (χ2v) is 4.70. The van der Waals surface area contributed by atoms with E-state index >= 15 is 0 Å². The number of methoxy groups -OCH3 is 2. The van der Waals surface area contributed by atoms with Crippen molar-refractivity contribution < 1.29 is 18.7 Å². The van der Waals surface area contributed by atoms with Crippen molar-refractivity contribution in [3.8, 4) is 11.5 Å². The number of furan rings is 1. The molecule has 1 N–H and O–H groups in total. The molecule has 0 saturated heterocycles. The Morgan fingerprint density at radius 3 is 2.48 bits per heavy atom. The smallest absolute Gasteiger partial charge is 0.255 e. The first kappa shape index (κ1) is 15.0. The van der Waals surface area contributed by atoms with Crippen molar-refractivity contribution in [2.45, 2.75) is 19.9 Å². The van der Waals surface area contributed by atoms with Gasteiger partial charge < -0.3 is 19.2 Å². The van der Waals surface area contributed by atoms with E-state index in [0.29, 0.717) is 22.8 Å². The third-order valence-electron chi connectivity index (χ3n) is 3.36. The van der Waals surface area contributed by atoms with E-state index in [1.807, 2.05) is 25.1 Å². The Bertz CT molecular complexity index is 633. The molecule has 2 rings (SSSR count). The van der Waals surface area contributed by atoms with E-state index in [-0.39, 0.29) is 11.9 Å². The van der Waals surface area contributed by atoms with Crippen LogP contribution in [0.5, 0.6) is 11.5 Å². The van der Waals surface area contributed by atoms with Crippen molar-refractivity contribution in [1.29, 1.82) is 0 Å². The summed E-state index contributed by atoms with van der Waals surface area (Å²) in [5.41, 5.74) is 1.48. The number of carbonyl (C=O) groups is 1. The SMILES string of the molecule is COc1ccc([C@H](C)NC(=O)c2ccoc2C)cc1OC. The highest BCUT2D eigenvalue weighted by atomic mass is 16.5. The van der Waals surface area contributed by atoms with E-state index in [1.54, 1.807) is 27.2 Å². The number of ether oxygens (including phenoxy) is 2. The van der Waals surface area contributed by atoms with Crippen molar-refractivity contribution in [2.75, 3.05) is 14.2 Å². The molecule has 0 spiro atoms. The molecule has 5 nitrogen and oxygen atoms in total. The highest BCUT2D eigenvalue weighted by Crippen LogP contribution is 2.30. The predicted molar refractivity (Wildman–Crippen MR) is 78.9 cm³/mol. The lowest BCUT2D eigenvalue weighted by atomic mass is 10.1. The molecule has 0 aliphatic heterocycles. The van der Waals surface area contributed by atoms with Crippen molar-refractivity contribution in [2.24, 2.45) is 0 Å². The highest BCUT2D eigenvalue weighted by molar-refractivity contribution is 5.95. The van der Waals surface area contributed by atoms with Crippen LogP contribution in [-0.2, 0) is 0 Å². The molecule has 0 radical (unpaired) electrons. The highest BCUT2D eigenvalue weighted by Gasteiger charge is 2.16. The Morgan fingerprint density at radius 2 is 1.90 bits per heavy atom. The quantitative estimate of drug-likeness (QED) is 0.918. The molecule has 1 atom stereocenters. The van der Waals surface area contributed by atoms with Gasteiger partial charge >= 0.3 is 0 Å². The minimum absolute atomic E-state index is 0.161. The molecular weight excluding hydrogens is 270 g/mol. The molecule has 1 aromatic carbocycles. The van der Waals surface area contributed by atoms with Crippen molar-refractivity contribution in [1.82, 2.24) is 5.32 Å². The maximum atomic E-state index is 12.2. The summed E-state index contributed by atoms with van der Waals surface area (Å²) in [6, 6.07) is 7.07. The summed E-state index contributed by atoms with van der Waals surface area (Å²) in [7, 11) is 3.17. The van der Waals surface area contributed by atoms with Gasteiger partial charge in [0.25, 0.3) is 5.91 Å². The van der Waals surface area contributed by atoms with Gasteiger partial charge in [-0.25, -0.2) is 0 Å². The fourth-order valence-electron chi connectivity index (χ4n) is 2.10. The molecule has 112 valence electrons. The summed E-state index contributed by atoms with van der Waals surface area (Å²) < 4.78 is 15.6. The molecule has 1 amide bonds. The zero-order valence-corrected chi connectivity index (χ0v) is 12.6. The van der Waals surface area contributed by atoms with Gasteiger partial charge in [0.2, 0.25) is 0 Å². The fraction of sp³-hybridized carbons (Fsp3) is 0.312. The van der Waals surface area contributed by atoms with Gasteiger partial charge in [0.1, 0.15) is 5.76 Å². The van der Waals surface area contributed by atoms with Crippen LogP contribution in [0, 0.1) is 6.92 Å². The first-order valence-corrected chi connectivity index (χ1v) is 6.63. The Kier molecular flexibility index (Phi) is 4.52. The van der Waals surface area contributed by atoms with Crippen LogP contribution in [0.3, 0.4) is 0 Å². The summed E-state index contributed by atoms with van der Waals surface area (Å²) in [6.07, 6.45) is 1.51. The lowest BCUT2D eigenvalue weighted by Gasteiger charge is -2.16. The second kappa shape index (κ2) is 6.35. The molecule has 0 aliphatic rings. The average molecular weight is 289 g/mol. The second-order valence-electron chi connectivity index (χ2n) is 4.70. The first-order valence-electron chi connectivity index (χ1n) is 6.63. The van der Waals surface area contributed by atoms with Gasteiger partial charge in [0, 0.05) is 0 Å². The van der Waals surface area contributed by atoms with E-state index in [2.05, 4.69) is 5.32 Å². The summed E-state index contributed by atoms with van der Waals surface area (Å²) >= 11 is 0. The number of benzene rings is 1. The number of carbonyl (C=O) groups excluding carboxylic acids is 1. The molecule has 5 heteroatoms. The Morgan fingerprint density at radius 1 is 1.19 bits per heavy atom.